The van der Waals surface area contributed by atoms with Crippen molar-refractivity contribution in [2.75, 3.05) is 33.7 Å². The molecular formula is C22H26N6O2. The van der Waals surface area contributed by atoms with Crippen LogP contribution in [0.4, 0.5) is 0 Å². The average Bonchev–Trinajstić information content (AvgIpc) is 3.20. The molecule has 2 bridgehead atoms. The Labute approximate surface area is 174 Å². The molecule has 8 heteroatoms. The molecule has 5 heterocycles. The van der Waals surface area contributed by atoms with Gasteiger partial charge in [-0.15, -0.1) is 0 Å². The predicted octanol–water partition coefficient (Wildman–Crippen LogP) is 1.56. The molecule has 8 nitrogen and oxygen atoms in total. The summed E-state index contributed by atoms with van der Waals surface area (Å²) in [7, 11) is 4.06. The van der Waals surface area contributed by atoms with Crippen LogP contribution in [0.1, 0.15) is 40.1 Å². The minimum Gasteiger partial charge on any atom is -0.338 e. The third-order valence-corrected chi connectivity index (χ3v) is 6.52. The lowest BCUT2D eigenvalue weighted by atomic mass is 9.78. The van der Waals surface area contributed by atoms with Gasteiger partial charge < -0.3 is 14.4 Å². The Morgan fingerprint density at radius 2 is 2.07 bits per heavy atom. The van der Waals surface area contributed by atoms with Crippen LogP contribution >= 0.6 is 0 Å². The summed E-state index contributed by atoms with van der Waals surface area (Å²) in [5.74, 6) is 0.397. The van der Waals surface area contributed by atoms with Crippen molar-refractivity contribution < 1.29 is 4.79 Å². The molecule has 3 aromatic rings. The molecule has 0 spiro atoms. The summed E-state index contributed by atoms with van der Waals surface area (Å²) in [5, 5.41) is 4.29. The van der Waals surface area contributed by atoms with Crippen molar-refractivity contribution in [1.29, 1.82) is 0 Å². The van der Waals surface area contributed by atoms with Crippen LogP contribution in [0.5, 0.6) is 0 Å². The number of amides is 1. The number of likely N-dealkylation sites (N-methyl/N-ethyl adjacent to an activating group) is 1. The molecule has 2 aliphatic rings. The van der Waals surface area contributed by atoms with Crippen molar-refractivity contribution in [3.05, 3.63) is 64.0 Å². The van der Waals surface area contributed by atoms with E-state index in [1.54, 1.807) is 23.0 Å². The highest BCUT2D eigenvalue weighted by atomic mass is 16.2. The van der Waals surface area contributed by atoms with Gasteiger partial charge in [0, 0.05) is 49.6 Å². The van der Waals surface area contributed by atoms with Crippen molar-refractivity contribution in [1.82, 2.24) is 29.0 Å². The standard InChI is InChI=1S/C22H26N6O2/c1-14-17(10-23-20-7-8-24-28(14)20)22(30)26-11-15-9-16(12-26)19(13-25(2)3)27-18(15)5-4-6-21(27)29/h4-8,10,15-16,19H,9,11-13H2,1-3H3/t15-,16+,19+/m1/s1. The third kappa shape index (κ3) is 2.94. The molecule has 1 amide bonds. The summed E-state index contributed by atoms with van der Waals surface area (Å²) in [6.07, 6.45) is 4.35. The van der Waals surface area contributed by atoms with Gasteiger partial charge in [-0.3, -0.25) is 9.59 Å². The third-order valence-electron chi connectivity index (χ3n) is 6.52. The summed E-state index contributed by atoms with van der Waals surface area (Å²) < 4.78 is 3.69. The summed E-state index contributed by atoms with van der Waals surface area (Å²) >= 11 is 0. The Morgan fingerprint density at radius 1 is 1.23 bits per heavy atom. The fraction of sp³-hybridized carbons (Fsp3) is 0.455. The molecule has 1 fully saturated rings. The summed E-state index contributed by atoms with van der Waals surface area (Å²) in [4.78, 5) is 34.7. The average molecular weight is 406 g/mol. The number of hydrogen-bond donors (Lipinski definition) is 0. The maximum atomic E-state index is 13.5. The van der Waals surface area contributed by atoms with E-state index >= 15 is 0 Å². The lowest BCUT2D eigenvalue weighted by molar-refractivity contribution is 0.0497. The van der Waals surface area contributed by atoms with Gasteiger partial charge in [-0.2, -0.15) is 5.10 Å². The number of aromatic nitrogens is 4. The number of nitrogens with zero attached hydrogens (tertiary/aromatic N) is 6. The number of rotatable bonds is 3. The first kappa shape index (κ1) is 19.0. The van der Waals surface area contributed by atoms with Gasteiger partial charge in [0.2, 0.25) is 0 Å². The predicted molar refractivity (Wildman–Crippen MR) is 113 cm³/mol. The SMILES string of the molecule is Cc1c(C(=O)N2C[C@H]3C[C@@H](C2)[C@H](CN(C)C)n2c3cccc2=O)cnc2ccnn12. The number of likely N-dealkylation sites (tertiary alicyclic amines) is 1. The number of fused-ring (bicyclic) bond motifs is 5. The van der Waals surface area contributed by atoms with Crippen molar-refractivity contribution in [2.45, 2.75) is 25.3 Å². The highest BCUT2D eigenvalue weighted by Crippen LogP contribution is 2.41. The minimum atomic E-state index is -0.0116. The first-order valence-corrected chi connectivity index (χ1v) is 10.4. The molecule has 0 saturated carbocycles. The van der Waals surface area contributed by atoms with Gasteiger partial charge in [0.05, 0.1) is 23.5 Å². The Bertz CT molecular complexity index is 1180. The zero-order chi connectivity index (χ0) is 21.0. The summed E-state index contributed by atoms with van der Waals surface area (Å²) in [5.41, 5.74) is 3.21. The van der Waals surface area contributed by atoms with E-state index in [1.165, 1.54) is 0 Å². The minimum absolute atomic E-state index is 0.0116. The normalized spacial score (nSPS) is 23.1. The van der Waals surface area contributed by atoms with E-state index in [0.29, 0.717) is 18.7 Å². The van der Waals surface area contributed by atoms with E-state index in [-0.39, 0.29) is 29.3 Å². The van der Waals surface area contributed by atoms with E-state index < -0.39 is 0 Å². The zero-order valence-corrected chi connectivity index (χ0v) is 17.5. The van der Waals surface area contributed by atoms with Gasteiger partial charge in [-0.1, -0.05) is 6.07 Å². The Hall–Kier alpha value is -3.00. The van der Waals surface area contributed by atoms with Gasteiger partial charge in [-0.05, 0) is 39.4 Å². The van der Waals surface area contributed by atoms with Gasteiger partial charge in [0.25, 0.3) is 11.5 Å². The number of hydrogen-bond acceptors (Lipinski definition) is 5. The maximum absolute atomic E-state index is 13.5. The van der Waals surface area contributed by atoms with Crippen molar-refractivity contribution in [2.24, 2.45) is 5.92 Å². The molecule has 30 heavy (non-hydrogen) atoms. The van der Waals surface area contributed by atoms with Crippen LogP contribution in [-0.2, 0) is 0 Å². The molecule has 0 N–H and O–H groups in total. The van der Waals surface area contributed by atoms with Crippen LogP contribution < -0.4 is 5.56 Å². The smallest absolute Gasteiger partial charge is 0.257 e. The van der Waals surface area contributed by atoms with Gasteiger partial charge in [0.15, 0.2) is 5.65 Å². The van der Waals surface area contributed by atoms with Gasteiger partial charge in [0.1, 0.15) is 0 Å². The van der Waals surface area contributed by atoms with Crippen LogP contribution in [0.25, 0.3) is 5.65 Å². The van der Waals surface area contributed by atoms with Crippen LogP contribution in [-0.4, -0.2) is 68.6 Å². The number of piperidine rings is 1. The Balaban J connectivity index is 1.52. The molecule has 0 aliphatic carbocycles. The molecule has 5 rings (SSSR count). The second-order valence-electron chi connectivity index (χ2n) is 8.75. The molecule has 3 atom stereocenters. The highest BCUT2D eigenvalue weighted by molar-refractivity contribution is 5.95. The van der Waals surface area contributed by atoms with Crippen LogP contribution in [0.3, 0.4) is 0 Å². The van der Waals surface area contributed by atoms with Crippen LogP contribution in [0.15, 0.2) is 41.5 Å². The maximum Gasteiger partial charge on any atom is 0.257 e. The van der Waals surface area contributed by atoms with Crippen LogP contribution in [0.2, 0.25) is 0 Å². The van der Waals surface area contributed by atoms with Crippen LogP contribution in [0, 0.1) is 12.8 Å². The molecule has 0 aromatic carbocycles. The molecule has 0 radical (unpaired) electrons. The highest BCUT2D eigenvalue weighted by Gasteiger charge is 2.42. The lowest BCUT2D eigenvalue weighted by Crippen LogP contribution is -2.53. The van der Waals surface area contributed by atoms with Crippen molar-refractivity contribution >= 4 is 11.6 Å². The van der Waals surface area contributed by atoms with Gasteiger partial charge in [-0.25, -0.2) is 9.50 Å². The summed E-state index contributed by atoms with van der Waals surface area (Å²) in [6.45, 7) is 3.94. The summed E-state index contributed by atoms with van der Waals surface area (Å²) in [6, 6.07) is 7.41. The van der Waals surface area contributed by atoms with E-state index in [0.717, 1.165) is 30.0 Å². The second kappa shape index (κ2) is 7.05. The Morgan fingerprint density at radius 3 is 2.87 bits per heavy atom. The fourth-order valence-corrected chi connectivity index (χ4v) is 5.19. The topological polar surface area (TPSA) is 75.7 Å². The molecule has 1 saturated heterocycles. The fourth-order valence-electron chi connectivity index (χ4n) is 5.19. The first-order chi connectivity index (χ1) is 14.4. The number of aryl methyl sites for hydroxylation is 1. The van der Waals surface area contributed by atoms with E-state index in [4.69, 9.17) is 0 Å². The Kier molecular flexibility index (Phi) is 4.47. The van der Waals surface area contributed by atoms with E-state index in [2.05, 4.69) is 15.0 Å². The number of carbonyl (C=O) groups excluding carboxylic acids is 1. The number of pyridine rings is 1. The largest absolute Gasteiger partial charge is 0.338 e. The lowest BCUT2D eigenvalue weighted by Gasteiger charge is -2.47. The quantitative estimate of drug-likeness (QED) is 0.660. The molecule has 156 valence electrons. The molecule has 2 aliphatic heterocycles. The molecule has 3 aromatic heterocycles. The number of carbonyl (C=O) groups is 1. The van der Waals surface area contributed by atoms with Crippen molar-refractivity contribution in [3.8, 4) is 0 Å². The molecule has 0 unspecified atom stereocenters. The van der Waals surface area contributed by atoms with Gasteiger partial charge >= 0.3 is 0 Å². The van der Waals surface area contributed by atoms with Crippen molar-refractivity contribution in [3.63, 3.8) is 0 Å². The first-order valence-electron chi connectivity index (χ1n) is 10.4. The van der Waals surface area contributed by atoms with E-state index in [1.807, 2.05) is 48.7 Å². The zero-order valence-electron chi connectivity index (χ0n) is 17.5. The molecular weight excluding hydrogens is 380 g/mol. The second-order valence-corrected chi connectivity index (χ2v) is 8.75. The monoisotopic (exact) mass is 406 g/mol. The van der Waals surface area contributed by atoms with E-state index in [9.17, 15) is 9.59 Å².